The van der Waals surface area contributed by atoms with E-state index in [9.17, 15) is 4.79 Å². The maximum absolute atomic E-state index is 12.7. The SMILES string of the molecule is C=C(C)C[C@H]1O[C@@H](c2ccccc2)[C@H]2[C@@H]1C(=O)CC[C@@H]2C(C)C. The third-order valence-corrected chi connectivity index (χ3v) is 5.61. The Bertz CT molecular complexity index is 575. The molecule has 2 aliphatic rings. The number of carbonyl (C=O) groups excluding carboxylic acids is 1. The first kappa shape index (κ1) is 16.4. The Morgan fingerprint density at radius 2 is 2.00 bits per heavy atom. The third kappa shape index (κ3) is 3.14. The van der Waals surface area contributed by atoms with Crippen molar-refractivity contribution in [1.82, 2.24) is 0 Å². The van der Waals surface area contributed by atoms with Gasteiger partial charge in [0.15, 0.2) is 0 Å². The van der Waals surface area contributed by atoms with Gasteiger partial charge in [0.1, 0.15) is 5.78 Å². The molecule has 1 saturated heterocycles. The number of fused-ring (bicyclic) bond motifs is 1. The summed E-state index contributed by atoms with van der Waals surface area (Å²) in [6.45, 7) is 10.6. The highest BCUT2D eigenvalue weighted by Crippen LogP contribution is 2.53. The van der Waals surface area contributed by atoms with Crippen LogP contribution in [0, 0.1) is 23.7 Å². The van der Waals surface area contributed by atoms with E-state index in [-0.39, 0.29) is 18.1 Å². The summed E-state index contributed by atoms with van der Waals surface area (Å²) in [4.78, 5) is 12.7. The Hall–Kier alpha value is -1.41. The van der Waals surface area contributed by atoms with E-state index < -0.39 is 0 Å². The Balaban J connectivity index is 1.98. The second-order valence-corrected chi connectivity index (χ2v) is 7.68. The van der Waals surface area contributed by atoms with Crippen LogP contribution < -0.4 is 0 Å². The zero-order valence-corrected chi connectivity index (χ0v) is 14.5. The summed E-state index contributed by atoms with van der Waals surface area (Å²) in [6.07, 6.45) is 2.55. The number of benzene rings is 1. The normalized spacial score (nSPS) is 33.7. The van der Waals surface area contributed by atoms with Gasteiger partial charge in [0.2, 0.25) is 0 Å². The molecule has 1 aliphatic heterocycles. The van der Waals surface area contributed by atoms with Gasteiger partial charge >= 0.3 is 0 Å². The lowest BCUT2D eigenvalue weighted by Crippen LogP contribution is -2.39. The molecule has 1 heterocycles. The molecule has 0 amide bonds. The van der Waals surface area contributed by atoms with E-state index in [4.69, 9.17) is 4.74 Å². The zero-order valence-electron chi connectivity index (χ0n) is 14.5. The molecular weight excluding hydrogens is 284 g/mol. The van der Waals surface area contributed by atoms with Crippen molar-refractivity contribution in [2.24, 2.45) is 23.7 Å². The van der Waals surface area contributed by atoms with Crippen molar-refractivity contribution in [3.05, 3.63) is 48.0 Å². The lowest BCUT2D eigenvalue weighted by Gasteiger charge is -2.38. The molecule has 23 heavy (non-hydrogen) atoms. The summed E-state index contributed by atoms with van der Waals surface area (Å²) in [5.41, 5.74) is 2.31. The van der Waals surface area contributed by atoms with E-state index in [2.05, 4.69) is 44.7 Å². The van der Waals surface area contributed by atoms with Crippen LogP contribution in [-0.2, 0) is 9.53 Å². The highest BCUT2D eigenvalue weighted by atomic mass is 16.5. The molecule has 2 heteroatoms. The van der Waals surface area contributed by atoms with Crippen LogP contribution in [0.25, 0.3) is 0 Å². The van der Waals surface area contributed by atoms with Crippen molar-refractivity contribution in [3.8, 4) is 0 Å². The van der Waals surface area contributed by atoms with Crippen LogP contribution in [0.5, 0.6) is 0 Å². The molecule has 0 bridgehead atoms. The van der Waals surface area contributed by atoms with Gasteiger partial charge < -0.3 is 4.74 Å². The summed E-state index contributed by atoms with van der Waals surface area (Å²) in [5, 5.41) is 0. The molecule has 0 N–H and O–H groups in total. The van der Waals surface area contributed by atoms with Gasteiger partial charge in [-0.05, 0) is 37.2 Å². The summed E-state index contributed by atoms with van der Waals surface area (Å²) in [6, 6.07) is 10.4. The fourth-order valence-electron chi connectivity index (χ4n) is 4.62. The largest absolute Gasteiger partial charge is 0.369 e. The van der Waals surface area contributed by atoms with Crippen molar-refractivity contribution in [2.45, 2.75) is 52.2 Å². The van der Waals surface area contributed by atoms with E-state index in [1.807, 2.05) is 13.0 Å². The van der Waals surface area contributed by atoms with Gasteiger partial charge in [-0.25, -0.2) is 0 Å². The highest BCUT2D eigenvalue weighted by molar-refractivity contribution is 5.83. The van der Waals surface area contributed by atoms with Gasteiger partial charge in [-0.2, -0.15) is 0 Å². The van der Waals surface area contributed by atoms with Crippen LogP contribution >= 0.6 is 0 Å². The standard InChI is InChI=1S/C21H28O2/c1-13(2)12-18-20-17(22)11-10-16(14(3)4)19(20)21(23-18)15-8-6-5-7-9-15/h5-9,14,16,18-21H,1,10-12H2,2-4H3/t16-,18-,19-,20-,21+/m1/s1. The molecule has 2 fully saturated rings. The smallest absolute Gasteiger partial charge is 0.138 e. The monoisotopic (exact) mass is 312 g/mol. The molecule has 2 nitrogen and oxygen atoms in total. The first-order chi connectivity index (χ1) is 11.0. The molecule has 124 valence electrons. The molecule has 1 aromatic carbocycles. The van der Waals surface area contributed by atoms with E-state index in [0.29, 0.717) is 30.0 Å². The molecule has 0 radical (unpaired) electrons. The van der Waals surface area contributed by atoms with Gasteiger partial charge in [0, 0.05) is 12.3 Å². The number of ether oxygens (including phenoxy) is 1. The molecule has 1 saturated carbocycles. The lowest BCUT2D eigenvalue weighted by molar-refractivity contribution is -0.129. The topological polar surface area (TPSA) is 26.3 Å². The lowest BCUT2D eigenvalue weighted by atomic mass is 9.64. The number of ketones is 1. The van der Waals surface area contributed by atoms with Crippen LogP contribution in [0.4, 0.5) is 0 Å². The number of Topliss-reactive ketones (excluding diaryl/α,β-unsaturated/α-hetero) is 1. The van der Waals surface area contributed by atoms with E-state index in [1.165, 1.54) is 5.56 Å². The summed E-state index contributed by atoms with van der Waals surface area (Å²) >= 11 is 0. The number of hydrogen-bond acceptors (Lipinski definition) is 2. The first-order valence-corrected chi connectivity index (χ1v) is 8.86. The molecule has 0 spiro atoms. The van der Waals surface area contributed by atoms with Crippen LogP contribution in [0.15, 0.2) is 42.5 Å². The van der Waals surface area contributed by atoms with Crippen molar-refractivity contribution in [2.75, 3.05) is 0 Å². The predicted octanol–water partition coefficient (Wildman–Crippen LogP) is 4.96. The summed E-state index contributed by atoms with van der Waals surface area (Å²) in [5.74, 6) is 1.88. The van der Waals surface area contributed by atoms with Gasteiger partial charge in [0.05, 0.1) is 18.1 Å². The van der Waals surface area contributed by atoms with Crippen molar-refractivity contribution in [3.63, 3.8) is 0 Å². The maximum Gasteiger partial charge on any atom is 0.138 e. The van der Waals surface area contributed by atoms with Crippen LogP contribution in [0.3, 0.4) is 0 Å². The second kappa shape index (κ2) is 6.60. The van der Waals surface area contributed by atoms with Crippen molar-refractivity contribution >= 4 is 5.78 Å². The van der Waals surface area contributed by atoms with Crippen LogP contribution in [-0.4, -0.2) is 11.9 Å². The molecule has 3 rings (SSSR count). The van der Waals surface area contributed by atoms with E-state index in [1.54, 1.807) is 0 Å². The van der Waals surface area contributed by atoms with Crippen molar-refractivity contribution < 1.29 is 9.53 Å². The fraction of sp³-hybridized carbons (Fsp3) is 0.571. The average Bonchev–Trinajstić information content (AvgIpc) is 2.87. The molecule has 0 unspecified atom stereocenters. The minimum absolute atomic E-state index is 0.00300. The van der Waals surface area contributed by atoms with Gasteiger partial charge in [-0.3, -0.25) is 4.79 Å². The number of hydrogen-bond donors (Lipinski definition) is 0. The molecule has 5 atom stereocenters. The van der Waals surface area contributed by atoms with Crippen LogP contribution in [0.2, 0.25) is 0 Å². The first-order valence-electron chi connectivity index (χ1n) is 8.86. The molecule has 0 aromatic heterocycles. The second-order valence-electron chi connectivity index (χ2n) is 7.68. The van der Waals surface area contributed by atoms with Crippen molar-refractivity contribution in [1.29, 1.82) is 0 Å². The van der Waals surface area contributed by atoms with Gasteiger partial charge in [-0.1, -0.05) is 49.8 Å². The van der Waals surface area contributed by atoms with Gasteiger partial charge in [-0.15, -0.1) is 6.58 Å². The zero-order chi connectivity index (χ0) is 16.6. The van der Waals surface area contributed by atoms with E-state index in [0.717, 1.165) is 18.4 Å². The average molecular weight is 312 g/mol. The highest BCUT2D eigenvalue weighted by Gasteiger charge is 2.53. The summed E-state index contributed by atoms with van der Waals surface area (Å²) < 4.78 is 6.47. The van der Waals surface area contributed by atoms with E-state index >= 15 is 0 Å². The third-order valence-electron chi connectivity index (χ3n) is 5.61. The number of rotatable bonds is 4. The Kier molecular flexibility index (Phi) is 4.72. The fourth-order valence-corrected chi connectivity index (χ4v) is 4.62. The van der Waals surface area contributed by atoms with Gasteiger partial charge in [0.25, 0.3) is 0 Å². The predicted molar refractivity (Wildman–Crippen MR) is 93.0 cm³/mol. The Labute approximate surface area is 139 Å². The minimum Gasteiger partial charge on any atom is -0.369 e. The Morgan fingerprint density at radius 1 is 1.30 bits per heavy atom. The summed E-state index contributed by atoms with van der Waals surface area (Å²) in [7, 11) is 0. The molecular formula is C21H28O2. The number of carbonyl (C=O) groups is 1. The Morgan fingerprint density at radius 3 is 2.61 bits per heavy atom. The van der Waals surface area contributed by atoms with Crippen LogP contribution in [0.1, 0.15) is 51.7 Å². The maximum atomic E-state index is 12.7. The minimum atomic E-state index is -0.00300. The molecule has 1 aliphatic carbocycles. The quantitative estimate of drug-likeness (QED) is 0.734. The molecule has 1 aromatic rings.